The van der Waals surface area contributed by atoms with Gasteiger partial charge in [-0.15, -0.1) is 5.10 Å². The highest BCUT2D eigenvalue weighted by molar-refractivity contribution is 5.67. The zero-order valence-electron chi connectivity index (χ0n) is 17.5. The van der Waals surface area contributed by atoms with Crippen molar-refractivity contribution < 1.29 is 9.90 Å². The molecule has 1 heterocycles. The van der Waals surface area contributed by atoms with Crippen LogP contribution in [0.3, 0.4) is 0 Å². The number of tetrazole rings is 1. The van der Waals surface area contributed by atoms with Gasteiger partial charge in [-0.25, -0.2) is 4.68 Å². The van der Waals surface area contributed by atoms with E-state index in [4.69, 9.17) is 0 Å². The Labute approximate surface area is 172 Å². The Balaban J connectivity index is 1.94. The van der Waals surface area contributed by atoms with Crippen molar-refractivity contribution in [1.82, 2.24) is 25.5 Å². The van der Waals surface area contributed by atoms with Crippen molar-refractivity contribution in [2.24, 2.45) is 5.92 Å². The Morgan fingerprint density at radius 3 is 2.72 bits per heavy atom. The smallest absolute Gasteiger partial charge is 0.304 e. The van der Waals surface area contributed by atoms with E-state index in [9.17, 15) is 9.90 Å². The number of nitrogens with zero attached hydrogens (tertiary/aromatic N) is 4. The number of hydrogen-bond donors (Lipinski definition) is 2. The number of unbranched alkanes of at least 4 members (excludes halogenated alkanes) is 1. The van der Waals surface area contributed by atoms with Gasteiger partial charge in [-0.2, -0.15) is 0 Å². The van der Waals surface area contributed by atoms with E-state index in [0.717, 1.165) is 49.2 Å². The second-order valence-electron chi connectivity index (χ2n) is 8.17. The van der Waals surface area contributed by atoms with Gasteiger partial charge >= 0.3 is 5.97 Å². The molecule has 0 radical (unpaired) electrons. The van der Waals surface area contributed by atoms with Crippen LogP contribution in [0.4, 0.5) is 0 Å². The molecule has 0 amide bonds. The zero-order valence-corrected chi connectivity index (χ0v) is 17.5. The third-order valence-electron chi connectivity index (χ3n) is 6.03. The van der Waals surface area contributed by atoms with Gasteiger partial charge in [-0.3, -0.25) is 10.1 Å². The quantitative estimate of drug-likeness (QED) is 0.630. The highest BCUT2D eigenvalue weighted by Gasteiger charge is 2.31. The summed E-state index contributed by atoms with van der Waals surface area (Å²) in [6.07, 6.45) is 7.91. The van der Waals surface area contributed by atoms with Gasteiger partial charge in [0.2, 0.25) is 0 Å². The number of nitrogens with one attached hydrogen (secondary N) is 1. The molecule has 1 fully saturated rings. The molecule has 2 unspecified atom stereocenters. The first-order valence-electron chi connectivity index (χ1n) is 10.9. The van der Waals surface area contributed by atoms with Crippen molar-refractivity contribution in [3.63, 3.8) is 0 Å². The molecule has 2 aromatic rings. The number of aromatic nitrogens is 4. The molecule has 1 aliphatic carbocycles. The number of carboxylic acid groups (broad SMARTS) is 1. The number of aryl methyl sites for hydroxylation is 2. The highest BCUT2D eigenvalue weighted by atomic mass is 16.4. The number of hydrogen-bond acceptors (Lipinski definition) is 5. The molecule has 2 N–H and O–H groups in total. The third-order valence-corrected chi connectivity index (χ3v) is 6.03. The van der Waals surface area contributed by atoms with Crippen LogP contribution in [0.2, 0.25) is 0 Å². The summed E-state index contributed by atoms with van der Waals surface area (Å²) >= 11 is 0. The van der Waals surface area contributed by atoms with E-state index in [1.807, 2.05) is 16.8 Å². The molecule has 0 spiro atoms. The zero-order chi connectivity index (χ0) is 20.6. The van der Waals surface area contributed by atoms with Gasteiger partial charge < -0.3 is 5.11 Å². The fourth-order valence-corrected chi connectivity index (χ4v) is 4.40. The van der Waals surface area contributed by atoms with Crippen LogP contribution in [0.5, 0.6) is 0 Å². The second-order valence-corrected chi connectivity index (χ2v) is 8.17. The Morgan fingerprint density at radius 1 is 1.28 bits per heavy atom. The second kappa shape index (κ2) is 10.5. The summed E-state index contributed by atoms with van der Waals surface area (Å²) in [5.41, 5.74) is 2.25. The number of carboxylic acids is 1. The van der Waals surface area contributed by atoms with Gasteiger partial charge in [0.25, 0.3) is 0 Å². The van der Waals surface area contributed by atoms with Gasteiger partial charge in [0.05, 0.1) is 12.5 Å². The molecule has 0 bridgehead atoms. The molecule has 1 aromatic heterocycles. The van der Waals surface area contributed by atoms with E-state index in [0.29, 0.717) is 5.92 Å². The Morgan fingerprint density at radius 2 is 2.03 bits per heavy atom. The van der Waals surface area contributed by atoms with Crippen LogP contribution >= 0.6 is 0 Å². The van der Waals surface area contributed by atoms with Crippen LogP contribution in [-0.4, -0.2) is 37.3 Å². The Bertz CT molecular complexity index is 785. The van der Waals surface area contributed by atoms with Crippen LogP contribution in [0, 0.1) is 12.8 Å². The average Bonchev–Trinajstić information content (AvgIpc) is 3.19. The fourth-order valence-electron chi connectivity index (χ4n) is 4.40. The molecule has 1 aliphatic rings. The van der Waals surface area contributed by atoms with Crippen molar-refractivity contribution >= 4 is 5.97 Å². The molecule has 3 rings (SSSR count). The fraction of sp³-hybridized carbons (Fsp3) is 0.636. The topological polar surface area (TPSA) is 92.9 Å². The lowest BCUT2D eigenvalue weighted by Crippen LogP contribution is -2.42. The summed E-state index contributed by atoms with van der Waals surface area (Å²) in [6, 6.07) is 7.88. The SMILES string of the molecule is CCCCn1nnnc1C(NC(CC(=O)O)C1CCCCC1)c1ccccc1C. The molecule has 0 aliphatic heterocycles. The summed E-state index contributed by atoms with van der Waals surface area (Å²) < 4.78 is 1.87. The highest BCUT2D eigenvalue weighted by Crippen LogP contribution is 2.31. The van der Waals surface area contributed by atoms with Crippen molar-refractivity contribution in [2.45, 2.75) is 83.8 Å². The minimum Gasteiger partial charge on any atom is -0.481 e. The van der Waals surface area contributed by atoms with Gasteiger partial charge in [-0.1, -0.05) is 56.9 Å². The minimum absolute atomic E-state index is 0.103. The molecule has 158 valence electrons. The molecule has 29 heavy (non-hydrogen) atoms. The summed E-state index contributed by atoms with van der Waals surface area (Å²) in [6.45, 7) is 4.99. The Hall–Kier alpha value is -2.28. The van der Waals surface area contributed by atoms with Crippen LogP contribution in [0.15, 0.2) is 24.3 Å². The van der Waals surface area contributed by atoms with E-state index in [1.54, 1.807) is 0 Å². The van der Waals surface area contributed by atoms with Gasteiger partial charge in [0.1, 0.15) is 0 Å². The van der Waals surface area contributed by atoms with Crippen molar-refractivity contribution in [3.8, 4) is 0 Å². The molecule has 1 saturated carbocycles. The van der Waals surface area contributed by atoms with E-state index < -0.39 is 5.97 Å². The molecule has 0 saturated heterocycles. The molecule has 1 aromatic carbocycles. The minimum atomic E-state index is -0.762. The lowest BCUT2D eigenvalue weighted by Gasteiger charge is -2.33. The van der Waals surface area contributed by atoms with E-state index in [2.05, 4.69) is 46.8 Å². The van der Waals surface area contributed by atoms with E-state index in [-0.39, 0.29) is 18.5 Å². The third kappa shape index (κ3) is 5.63. The Kier molecular flexibility index (Phi) is 7.75. The maximum Gasteiger partial charge on any atom is 0.304 e. The largest absolute Gasteiger partial charge is 0.481 e. The number of benzene rings is 1. The van der Waals surface area contributed by atoms with Crippen molar-refractivity contribution in [3.05, 3.63) is 41.2 Å². The average molecular weight is 400 g/mol. The standard InChI is InChI=1S/C22H33N5O2/c1-3-4-14-27-22(24-25-26-27)21(18-13-9-8-10-16(18)2)23-19(15-20(28)29)17-11-6-5-7-12-17/h8-10,13,17,19,21,23H,3-7,11-12,14-15H2,1-2H3,(H,28,29). The summed E-state index contributed by atoms with van der Waals surface area (Å²) in [4.78, 5) is 11.6. The van der Waals surface area contributed by atoms with E-state index >= 15 is 0 Å². The van der Waals surface area contributed by atoms with Crippen molar-refractivity contribution in [2.75, 3.05) is 0 Å². The maximum atomic E-state index is 11.6. The summed E-state index contributed by atoms with van der Waals surface area (Å²) in [7, 11) is 0. The normalized spacial score (nSPS) is 17.2. The van der Waals surface area contributed by atoms with Crippen LogP contribution in [0.25, 0.3) is 0 Å². The number of aliphatic carboxylic acids is 1. The lowest BCUT2D eigenvalue weighted by molar-refractivity contribution is -0.138. The van der Waals surface area contributed by atoms with Gasteiger partial charge in [0, 0.05) is 12.6 Å². The monoisotopic (exact) mass is 399 g/mol. The molecular weight excluding hydrogens is 366 g/mol. The van der Waals surface area contributed by atoms with Crippen LogP contribution < -0.4 is 5.32 Å². The maximum absolute atomic E-state index is 11.6. The van der Waals surface area contributed by atoms with Gasteiger partial charge in [0.15, 0.2) is 5.82 Å². The van der Waals surface area contributed by atoms with E-state index in [1.165, 1.54) is 19.3 Å². The first kappa shape index (κ1) is 21.4. The lowest BCUT2D eigenvalue weighted by atomic mass is 9.82. The van der Waals surface area contributed by atoms with Gasteiger partial charge in [-0.05, 0) is 53.7 Å². The van der Waals surface area contributed by atoms with Crippen LogP contribution in [-0.2, 0) is 11.3 Å². The number of carbonyl (C=O) groups is 1. The first-order chi connectivity index (χ1) is 14.1. The molecule has 7 nitrogen and oxygen atoms in total. The predicted octanol–water partition coefficient (Wildman–Crippen LogP) is 3.88. The molecule has 7 heteroatoms. The summed E-state index contributed by atoms with van der Waals surface area (Å²) in [5, 5.41) is 25.8. The molecule has 2 atom stereocenters. The summed E-state index contributed by atoms with van der Waals surface area (Å²) in [5.74, 6) is 0.368. The molecular formula is C22H33N5O2. The number of rotatable bonds is 10. The van der Waals surface area contributed by atoms with Crippen LogP contribution in [0.1, 0.15) is 81.3 Å². The predicted molar refractivity (Wildman–Crippen MR) is 111 cm³/mol. The first-order valence-corrected chi connectivity index (χ1v) is 10.9. The van der Waals surface area contributed by atoms with Crippen molar-refractivity contribution in [1.29, 1.82) is 0 Å².